The van der Waals surface area contributed by atoms with Crippen LogP contribution in [0, 0.1) is 17.8 Å². The van der Waals surface area contributed by atoms with E-state index in [1.165, 1.54) is 6.20 Å². The van der Waals surface area contributed by atoms with Crippen LogP contribution in [0.2, 0.25) is 0 Å². The highest BCUT2D eigenvalue weighted by molar-refractivity contribution is 5.85. The van der Waals surface area contributed by atoms with Crippen LogP contribution >= 0.6 is 0 Å². The number of benzene rings is 1. The summed E-state index contributed by atoms with van der Waals surface area (Å²) < 4.78 is 20.0. The van der Waals surface area contributed by atoms with Crippen molar-refractivity contribution in [2.45, 2.75) is 45.1 Å². The zero-order valence-electron chi connectivity index (χ0n) is 18.5. The third kappa shape index (κ3) is 4.79. The molecule has 4 rings (SSSR count). The van der Waals surface area contributed by atoms with E-state index in [1.807, 2.05) is 32.0 Å². The van der Waals surface area contributed by atoms with Crippen molar-refractivity contribution >= 4 is 11.9 Å². The van der Waals surface area contributed by atoms with Crippen molar-refractivity contribution in [2.24, 2.45) is 11.8 Å². The van der Waals surface area contributed by atoms with E-state index >= 15 is 0 Å². The fourth-order valence-electron chi connectivity index (χ4n) is 4.43. The van der Waals surface area contributed by atoms with Crippen molar-refractivity contribution in [2.75, 3.05) is 0 Å². The van der Waals surface area contributed by atoms with Crippen molar-refractivity contribution in [3.8, 4) is 11.3 Å². The first-order valence-corrected chi connectivity index (χ1v) is 11.1. The van der Waals surface area contributed by atoms with E-state index in [0.717, 1.165) is 5.56 Å². The molecule has 3 atom stereocenters. The first kappa shape index (κ1) is 22.6. The Morgan fingerprint density at radius 3 is 2.61 bits per heavy atom. The van der Waals surface area contributed by atoms with E-state index in [-0.39, 0.29) is 11.8 Å². The first-order valence-electron chi connectivity index (χ1n) is 11.1. The highest BCUT2D eigenvalue weighted by Crippen LogP contribution is 2.34. The number of pyridine rings is 1. The monoisotopic (exact) mass is 451 g/mol. The Balaban J connectivity index is 1.71. The highest BCUT2D eigenvalue weighted by atomic mass is 19.1. The average molecular weight is 451 g/mol. The van der Waals surface area contributed by atoms with Gasteiger partial charge in [-0.05, 0) is 36.5 Å². The smallest absolute Gasteiger partial charge is 0.307 e. The zero-order valence-corrected chi connectivity index (χ0v) is 18.5. The number of nitrogens with one attached hydrogen (secondary N) is 1. The van der Waals surface area contributed by atoms with Crippen LogP contribution in [-0.4, -0.2) is 27.1 Å². The predicted octanol–water partition coefficient (Wildman–Crippen LogP) is 4.71. The van der Waals surface area contributed by atoms with Crippen molar-refractivity contribution < 1.29 is 23.6 Å². The molecule has 0 bridgehead atoms. The molecule has 33 heavy (non-hydrogen) atoms. The number of carboxylic acids is 1. The van der Waals surface area contributed by atoms with E-state index < -0.39 is 29.8 Å². The van der Waals surface area contributed by atoms with E-state index in [4.69, 9.17) is 4.52 Å². The summed E-state index contributed by atoms with van der Waals surface area (Å²) >= 11 is 0. The SMILES string of the molecule is CC(C)c1ccc([C@@H](NC(=O)[C@@H]2CCC[C@@H]2C(=O)O)c2cccc(-c3ccno3)c2)nc1F. The molecule has 2 aromatic heterocycles. The lowest BCUT2D eigenvalue weighted by Gasteiger charge is -2.23. The number of aromatic nitrogens is 2. The van der Waals surface area contributed by atoms with Gasteiger partial charge in [0.2, 0.25) is 11.9 Å². The van der Waals surface area contributed by atoms with Crippen LogP contribution < -0.4 is 5.32 Å². The molecule has 172 valence electrons. The molecule has 2 heterocycles. The minimum Gasteiger partial charge on any atom is -0.481 e. The maximum absolute atomic E-state index is 14.8. The van der Waals surface area contributed by atoms with Gasteiger partial charge in [0.15, 0.2) is 5.76 Å². The Bertz CT molecular complexity index is 1150. The summed E-state index contributed by atoms with van der Waals surface area (Å²) in [5.74, 6) is -2.77. The van der Waals surface area contributed by atoms with Crippen molar-refractivity contribution in [3.05, 3.63) is 71.4 Å². The molecule has 1 aliphatic rings. The van der Waals surface area contributed by atoms with Crippen LogP contribution in [0.1, 0.15) is 61.9 Å². The van der Waals surface area contributed by atoms with Gasteiger partial charge >= 0.3 is 5.97 Å². The molecule has 1 amide bonds. The minimum atomic E-state index is -0.970. The number of amides is 1. The zero-order chi connectivity index (χ0) is 23.5. The molecule has 2 N–H and O–H groups in total. The van der Waals surface area contributed by atoms with Gasteiger partial charge in [0.1, 0.15) is 0 Å². The van der Waals surface area contributed by atoms with E-state index in [9.17, 15) is 19.1 Å². The number of carbonyl (C=O) groups is 2. The molecular weight excluding hydrogens is 425 g/mol. The molecular formula is C25H26FN3O4. The van der Waals surface area contributed by atoms with E-state index in [0.29, 0.717) is 41.8 Å². The number of hydrogen-bond donors (Lipinski definition) is 2. The Hall–Kier alpha value is -3.55. The molecule has 1 aromatic carbocycles. The normalized spacial score (nSPS) is 18.9. The van der Waals surface area contributed by atoms with Gasteiger partial charge in [-0.25, -0.2) is 4.98 Å². The Kier molecular flexibility index (Phi) is 6.53. The summed E-state index contributed by atoms with van der Waals surface area (Å²) in [7, 11) is 0. The lowest BCUT2D eigenvalue weighted by molar-refractivity contribution is -0.146. The summed E-state index contributed by atoms with van der Waals surface area (Å²) in [6, 6.07) is 11.6. The van der Waals surface area contributed by atoms with Gasteiger partial charge in [-0.3, -0.25) is 9.59 Å². The van der Waals surface area contributed by atoms with Gasteiger partial charge in [0, 0.05) is 17.2 Å². The Morgan fingerprint density at radius 1 is 1.15 bits per heavy atom. The second-order valence-electron chi connectivity index (χ2n) is 8.70. The molecule has 1 saturated carbocycles. The maximum Gasteiger partial charge on any atom is 0.307 e. The van der Waals surface area contributed by atoms with Gasteiger partial charge in [-0.1, -0.05) is 49.7 Å². The second-order valence-corrected chi connectivity index (χ2v) is 8.70. The van der Waals surface area contributed by atoms with Gasteiger partial charge in [-0.15, -0.1) is 0 Å². The molecule has 7 nitrogen and oxygen atoms in total. The number of rotatable bonds is 7. The second kappa shape index (κ2) is 9.52. The molecule has 8 heteroatoms. The number of hydrogen-bond acceptors (Lipinski definition) is 5. The van der Waals surface area contributed by atoms with Crippen molar-refractivity contribution in [1.29, 1.82) is 0 Å². The summed E-state index contributed by atoms with van der Waals surface area (Å²) in [6.45, 7) is 3.76. The molecule has 0 radical (unpaired) electrons. The number of nitrogens with zero attached hydrogens (tertiary/aromatic N) is 2. The van der Waals surface area contributed by atoms with E-state index in [1.54, 1.807) is 24.3 Å². The van der Waals surface area contributed by atoms with Crippen LogP contribution in [-0.2, 0) is 9.59 Å². The maximum atomic E-state index is 14.8. The minimum absolute atomic E-state index is 0.0378. The molecule has 0 unspecified atom stereocenters. The Labute approximate surface area is 191 Å². The number of carbonyl (C=O) groups excluding carboxylic acids is 1. The standard InChI is InChI=1S/C25H26FN3O4/c1-14(2)17-9-10-20(28-23(17)26)22(29-24(30)18-7-4-8-19(18)25(31)32)16-6-3-5-15(13-16)21-11-12-27-33-21/h3,5-6,9-14,18-19,22H,4,7-8H2,1-2H3,(H,29,30)(H,31,32)/t18-,19+,22+/m1/s1. The number of carboxylic acid groups (broad SMARTS) is 1. The molecule has 0 aliphatic heterocycles. The van der Waals surface area contributed by atoms with Crippen LogP contribution in [0.25, 0.3) is 11.3 Å². The first-order chi connectivity index (χ1) is 15.8. The van der Waals surface area contributed by atoms with Crippen molar-refractivity contribution in [1.82, 2.24) is 15.5 Å². The van der Waals surface area contributed by atoms with Crippen LogP contribution in [0.4, 0.5) is 4.39 Å². The number of aliphatic carboxylic acids is 1. The van der Waals surface area contributed by atoms with Crippen LogP contribution in [0.3, 0.4) is 0 Å². The molecule has 3 aromatic rings. The van der Waals surface area contributed by atoms with Gasteiger partial charge in [-0.2, -0.15) is 4.39 Å². The third-order valence-corrected chi connectivity index (χ3v) is 6.22. The van der Waals surface area contributed by atoms with Gasteiger partial charge < -0.3 is 14.9 Å². The molecule has 1 aliphatic carbocycles. The quantitative estimate of drug-likeness (QED) is 0.504. The van der Waals surface area contributed by atoms with E-state index in [2.05, 4.69) is 15.5 Å². The summed E-state index contributed by atoms with van der Waals surface area (Å²) in [5, 5.41) is 16.2. The van der Waals surface area contributed by atoms with Crippen LogP contribution in [0.5, 0.6) is 0 Å². The predicted molar refractivity (Wildman–Crippen MR) is 119 cm³/mol. The van der Waals surface area contributed by atoms with Crippen molar-refractivity contribution in [3.63, 3.8) is 0 Å². The third-order valence-electron chi connectivity index (χ3n) is 6.22. The lowest BCUT2D eigenvalue weighted by atomic mass is 9.93. The lowest BCUT2D eigenvalue weighted by Crippen LogP contribution is -2.38. The summed E-state index contributed by atoms with van der Waals surface area (Å²) in [6.07, 6.45) is 3.18. The molecule has 1 fully saturated rings. The largest absolute Gasteiger partial charge is 0.481 e. The highest BCUT2D eigenvalue weighted by Gasteiger charge is 2.38. The fourth-order valence-corrected chi connectivity index (χ4v) is 4.43. The molecule has 0 saturated heterocycles. The van der Waals surface area contributed by atoms with Gasteiger partial charge in [0.05, 0.1) is 29.8 Å². The average Bonchev–Trinajstić information content (AvgIpc) is 3.49. The fraction of sp³-hybridized carbons (Fsp3) is 0.360. The number of halogens is 1. The summed E-state index contributed by atoms with van der Waals surface area (Å²) in [4.78, 5) is 28.9. The topological polar surface area (TPSA) is 105 Å². The van der Waals surface area contributed by atoms with Gasteiger partial charge in [0.25, 0.3) is 0 Å². The molecule has 0 spiro atoms. The Morgan fingerprint density at radius 2 is 1.94 bits per heavy atom. The summed E-state index contributed by atoms with van der Waals surface area (Å²) in [5.41, 5.74) is 2.24. The van der Waals surface area contributed by atoms with Crippen LogP contribution in [0.15, 0.2) is 53.2 Å².